The van der Waals surface area contributed by atoms with Gasteiger partial charge in [0.25, 0.3) is 0 Å². The van der Waals surface area contributed by atoms with Crippen molar-refractivity contribution in [2.24, 2.45) is 5.92 Å². The molecular formula is C21H20N2O3. The molecule has 1 heterocycles. The van der Waals surface area contributed by atoms with Gasteiger partial charge in [0.15, 0.2) is 0 Å². The van der Waals surface area contributed by atoms with Crippen molar-refractivity contribution in [1.29, 1.82) is 0 Å². The van der Waals surface area contributed by atoms with Crippen molar-refractivity contribution in [1.82, 2.24) is 5.32 Å². The molecule has 3 amide bonds. The van der Waals surface area contributed by atoms with Crippen LogP contribution in [0.5, 0.6) is 0 Å². The third-order valence-electron chi connectivity index (χ3n) is 4.27. The van der Waals surface area contributed by atoms with E-state index in [1.165, 1.54) is 11.6 Å². The zero-order valence-corrected chi connectivity index (χ0v) is 14.5. The van der Waals surface area contributed by atoms with E-state index >= 15 is 0 Å². The summed E-state index contributed by atoms with van der Waals surface area (Å²) in [5, 5.41) is 5.11. The van der Waals surface area contributed by atoms with Gasteiger partial charge in [-0.25, -0.2) is 0 Å². The lowest BCUT2D eigenvalue weighted by Gasteiger charge is -2.07. The Morgan fingerprint density at radius 3 is 2.42 bits per heavy atom. The third-order valence-corrected chi connectivity index (χ3v) is 4.27. The van der Waals surface area contributed by atoms with Crippen molar-refractivity contribution in [3.05, 3.63) is 71.3 Å². The smallest absolute Gasteiger partial charge is 0.248 e. The van der Waals surface area contributed by atoms with Crippen LogP contribution in [0.15, 0.2) is 54.6 Å². The lowest BCUT2D eigenvalue weighted by atomic mass is 9.98. The van der Waals surface area contributed by atoms with Crippen molar-refractivity contribution in [3.8, 4) is 0 Å². The van der Waals surface area contributed by atoms with E-state index in [2.05, 4.69) is 10.6 Å². The van der Waals surface area contributed by atoms with Crippen LogP contribution in [0.3, 0.4) is 0 Å². The first-order chi connectivity index (χ1) is 12.5. The summed E-state index contributed by atoms with van der Waals surface area (Å²) in [6.07, 6.45) is 4.01. The molecule has 1 aliphatic heterocycles. The maximum atomic E-state index is 12.0. The Morgan fingerprint density at radius 2 is 1.81 bits per heavy atom. The molecule has 1 atom stereocenters. The molecule has 1 saturated heterocycles. The van der Waals surface area contributed by atoms with Crippen molar-refractivity contribution in [2.45, 2.75) is 19.8 Å². The van der Waals surface area contributed by atoms with Crippen LogP contribution in [0.2, 0.25) is 0 Å². The number of hydrogen-bond acceptors (Lipinski definition) is 3. The fourth-order valence-corrected chi connectivity index (χ4v) is 2.81. The summed E-state index contributed by atoms with van der Waals surface area (Å²) in [5.74, 6) is -0.947. The topological polar surface area (TPSA) is 75.3 Å². The first kappa shape index (κ1) is 17.6. The second kappa shape index (κ2) is 7.78. The van der Waals surface area contributed by atoms with Crippen LogP contribution in [-0.2, 0) is 20.8 Å². The average Bonchev–Trinajstić information content (AvgIpc) is 2.93. The third kappa shape index (κ3) is 4.66. The Balaban J connectivity index is 1.55. The lowest BCUT2D eigenvalue weighted by molar-refractivity contribution is -0.125. The van der Waals surface area contributed by atoms with Crippen molar-refractivity contribution >= 4 is 29.5 Å². The first-order valence-corrected chi connectivity index (χ1v) is 8.48. The van der Waals surface area contributed by atoms with E-state index < -0.39 is 0 Å². The van der Waals surface area contributed by atoms with Crippen molar-refractivity contribution in [2.75, 3.05) is 5.32 Å². The predicted octanol–water partition coefficient (Wildman–Crippen LogP) is 2.85. The number of carbonyl (C=O) groups is 3. The number of hydrogen-bond donors (Lipinski definition) is 2. The zero-order valence-electron chi connectivity index (χ0n) is 14.5. The van der Waals surface area contributed by atoms with Crippen LogP contribution in [0, 0.1) is 12.8 Å². The van der Waals surface area contributed by atoms with Gasteiger partial charge in [-0.3, -0.25) is 19.7 Å². The molecule has 5 nitrogen and oxygen atoms in total. The quantitative estimate of drug-likeness (QED) is 0.644. The summed E-state index contributed by atoms with van der Waals surface area (Å²) in [7, 11) is 0. The van der Waals surface area contributed by atoms with Crippen molar-refractivity contribution in [3.63, 3.8) is 0 Å². The van der Waals surface area contributed by atoms with Gasteiger partial charge in [-0.2, -0.15) is 0 Å². The van der Waals surface area contributed by atoms with Gasteiger partial charge in [0, 0.05) is 18.2 Å². The molecule has 3 rings (SSSR count). The number of carbonyl (C=O) groups excluding carboxylic acids is 3. The Labute approximate surface area is 152 Å². The van der Waals surface area contributed by atoms with Crippen LogP contribution < -0.4 is 10.6 Å². The number of imide groups is 1. The molecule has 0 saturated carbocycles. The number of anilines is 1. The Morgan fingerprint density at radius 1 is 1.12 bits per heavy atom. The molecule has 26 heavy (non-hydrogen) atoms. The SMILES string of the molecule is Cc1ccc(/C=C\C(=O)Nc2ccc(C[C@@H]3CC(=O)NC3=O)cc2)cc1. The van der Waals surface area contributed by atoms with Crippen LogP contribution in [0.1, 0.15) is 23.1 Å². The van der Waals surface area contributed by atoms with Gasteiger partial charge in [-0.05, 0) is 42.7 Å². The van der Waals surface area contributed by atoms with Gasteiger partial charge in [0.2, 0.25) is 17.7 Å². The molecule has 2 N–H and O–H groups in total. The molecule has 0 spiro atoms. The molecule has 0 aromatic heterocycles. The minimum absolute atomic E-state index is 0.209. The molecule has 2 aromatic carbocycles. The van der Waals surface area contributed by atoms with Gasteiger partial charge in [0.1, 0.15) is 0 Å². The molecular weight excluding hydrogens is 328 g/mol. The lowest BCUT2D eigenvalue weighted by Crippen LogP contribution is -2.22. The molecule has 0 bridgehead atoms. The zero-order chi connectivity index (χ0) is 18.5. The maximum absolute atomic E-state index is 12.0. The van der Waals surface area contributed by atoms with Crippen LogP contribution in [-0.4, -0.2) is 17.7 Å². The molecule has 0 radical (unpaired) electrons. The van der Waals surface area contributed by atoms with E-state index in [0.717, 1.165) is 11.1 Å². The Bertz CT molecular complexity index is 852. The van der Waals surface area contributed by atoms with E-state index in [0.29, 0.717) is 12.1 Å². The monoisotopic (exact) mass is 348 g/mol. The molecule has 2 aromatic rings. The second-order valence-electron chi connectivity index (χ2n) is 6.45. The Kier molecular flexibility index (Phi) is 5.27. The normalized spacial score (nSPS) is 16.7. The molecule has 0 aliphatic carbocycles. The predicted molar refractivity (Wildman–Crippen MR) is 100 cm³/mol. The summed E-state index contributed by atoms with van der Waals surface area (Å²) in [4.78, 5) is 34.8. The minimum Gasteiger partial charge on any atom is -0.323 e. The van der Waals surface area contributed by atoms with Crippen LogP contribution in [0.4, 0.5) is 5.69 Å². The summed E-state index contributed by atoms with van der Waals surface area (Å²) >= 11 is 0. The molecule has 1 fully saturated rings. The highest BCUT2D eigenvalue weighted by Crippen LogP contribution is 2.19. The summed E-state index contributed by atoms with van der Waals surface area (Å²) in [6, 6.07) is 15.2. The summed E-state index contributed by atoms with van der Waals surface area (Å²) in [5.41, 5.74) is 3.77. The van der Waals surface area contributed by atoms with Crippen molar-refractivity contribution < 1.29 is 14.4 Å². The van der Waals surface area contributed by atoms with E-state index in [9.17, 15) is 14.4 Å². The molecule has 0 unspecified atom stereocenters. The number of nitrogens with one attached hydrogen (secondary N) is 2. The van der Waals surface area contributed by atoms with E-state index in [1.807, 2.05) is 43.3 Å². The van der Waals surface area contributed by atoms with Crippen LogP contribution in [0.25, 0.3) is 6.08 Å². The highest BCUT2D eigenvalue weighted by Gasteiger charge is 2.30. The molecule has 132 valence electrons. The van der Waals surface area contributed by atoms with Crippen LogP contribution >= 0.6 is 0 Å². The van der Waals surface area contributed by atoms with E-state index in [4.69, 9.17) is 0 Å². The van der Waals surface area contributed by atoms with E-state index in [1.54, 1.807) is 18.2 Å². The maximum Gasteiger partial charge on any atom is 0.248 e. The van der Waals surface area contributed by atoms with Gasteiger partial charge < -0.3 is 5.32 Å². The fourth-order valence-electron chi connectivity index (χ4n) is 2.81. The summed E-state index contributed by atoms with van der Waals surface area (Å²) < 4.78 is 0. The van der Waals surface area contributed by atoms with Gasteiger partial charge >= 0.3 is 0 Å². The summed E-state index contributed by atoms with van der Waals surface area (Å²) in [6.45, 7) is 2.01. The largest absolute Gasteiger partial charge is 0.323 e. The Hall–Kier alpha value is -3.21. The number of benzene rings is 2. The highest BCUT2D eigenvalue weighted by molar-refractivity contribution is 6.03. The highest BCUT2D eigenvalue weighted by atomic mass is 16.2. The first-order valence-electron chi connectivity index (χ1n) is 8.48. The van der Waals surface area contributed by atoms with E-state index in [-0.39, 0.29) is 30.1 Å². The standard InChI is InChI=1S/C21H20N2O3/c1-14-2-4-15(5-3-14)8-11-19(24)22-18-9-6-16(7-10-18)12-17-13-20(25)23-21(17)26/h2-11,17H,12-13H2,1H3,(H,22,24)(H,23,25,26)/b11-8-/t17-/m1/s1. The second-order valence-corrected chi connectivity index (χ2v) is 6.45. The molecule has 1 aliphatic rings. The van der Waals surface area contributed by atoms with Gasteiger partial charge in [0.05, 0.1) is 5.92 Å². The number of amides is 3. The number of rotatable bonds is 5. The average molecular weight is 348 g/mol. The fraction of sp³-hybridized carbons (Fsp3) is 0.190. The molecule has 5 heteroatoms. The van der Waals surface area contributed by atoms with Gasteiger partial charge in [-0.1, -0.05) is 42.0 Å². The minimum atomic E-state index is -0.305. The van der Waals surface area contributed by atoms with Gasteiger partial charge in [-0.15, -0.1) is 0 Å². The number of aryl methyl sites for hydroxylation is 1.